The minimum Gasteiger partial charge on any atom is -0.446 e. The van der Waals surface area contributed by atoms with E-state index in [1.807, 2.05) is 13.8 Å². The van der Waals surface area contributed by atoms with Gasteiger partial charge in [-0.3, -0.25) is 19.3 Å². The predicted molar refractivity (Wildman–Crippen MR) is 193 cm³/mol. The van der Waals surface area contributed by atoms with Gasteiger partial charge in [0.15, 0.2) is 0 Å². The molecule has 1 aliphatic heterocycles. The van der Waals surface area contributed by atoms with Gasteiger partial charge in [-0.1, -0.05) is 19.1 Å². The van der Waals surface area contributed by atoms with Crippen LogP contribution in [0, 0.1) is 17.8 Å². The lowest BCUT2D eigenvalue weighted by Gasteiger charge is -2.28. The van der Waals surface area contributed by atoms with Crippen molar-refractivity contribution in [1.82, 2.24) is 25.2 Å². The van der Waals surface area contributed by atoms with E-state index in [-0.39, 0.29) is 53.7 Å². The van der Waals surface area contributed by atoms with Crippen LogP contribution in [0.2, 0.25) is 0 Å². The van der Waals surface area contributed by atoms with Crippen LogP contribution < -0.4 is 16.8 Å². The quantitative estimate of drug-likeness (QED) is 0.188. The van der Waals surface area contributed by atoms with Gasteiger partial charge in [-0.2, -0.15) is 0 Å². The van der Waals surface area contributed by atoms with Crippen LogP contribution in [-0.2, 0) is 48.0 Å². The summed E-state index contributed by atoms with van der Waals surface area (Å²) in [6.07, 6.45) is 9.28. The SMILES string of the molecule is CC(C)CCOC(C)(C)CCNC(=O)OC1C2CCc3nnn(CCC(C)(C)OCCC(C)(C)N)c3CCC21.NC(=O)CCN1C(=O)C=CC1=O. The zero-order valence-corrected chi connectivity index (χ0v) is 32.2. The number of fused-ring (bicyclic) bond motifs is 2. The van der Waals surface area contributed by atoms with Crippen molar-refractivity contribution >= 4 is 23.8 Å². The summed E-state index contributed by atoms with van der Waals surface area (Å²) in [4.78, 5) is 45.5. The van der Waals surface area contributed by atoms with E-state index in [0.29, 0.717) is 30.9 Å². The Morgan fingerprint density at radius 2 is 1.53 bits per heavy atom. The van der Waals surface area contributed by atoms with Gasteiger partial charge >= 0.3 is 6.09 Å². The number of imide groups is 1. The topological polar surface area (TPSA) is 194 Å². The first kappa shape index (κ1) is 42.1. The molecule has 0 bridgehead atoms. The van der Waals surface area contributed by atoms with Crippen LogP contribution in [0.1, 0.15) is 112 Å². The highest BCUT2D eigenvalue weighted by molar-refractivity contribution is 6.13. The Labute approximate surface area is 303 Å². The van der Waals surface area contributed by atoms with Crippen molar-refractivity contribution in [2.75, 3.05) is 26.3 Å². The molecule has 0 saturated heterocycles. The number of nitrogens with two attached hydrogens (primary N) is 2. The van der Waals surface area contributed by atoms with Crippen molar-refractivity contribution in [1.29, 1.82) is 0 Å². The number of carbonyl (C=O) groups is 4. The summed E-state index contributed by atoms with van der Waals surface area (Å²) < 4.78 is 20.0. The van der Waals surface area contributed by atoms with Crippen molar-refractivity contribution in [2.45, 2.75) is 143 Å². The van der Waals surface area contributed by atoms with Gasteiger partial charge in [0.25, 0.3) is 11.8 Å². The number of nitrogens with one attached hydrogen (secondary N) is 1. The number of primary amides is 1. The highest BCUT2D eigenvalue weighted by Crippen LogP contribution is 2.49. The molecule has 1 aromatic heterocycles. The Morgan fingerprint density at radius 3 is 2.14 bits per heavy atom. The molecule has 288 valence electrons. The van der Waals surface area contributed by atoms with E-state index in [0.717, 1.165) is 75.1 Å². The molecule has 0 radical (unpaired) electrons. The smallest absolute Gasteiger partial charge is 0.407 e. The number of aromatic nitrogens is 3. The lowest BCUT2D eigenvalue weighted by Crippen LogP contribution is -2.35. The Morgan fingerprint density at radius 1 is 0.922 bits per heavy atom. The number of ether oxygens (including phenoxy) is 3. The molecule has 14 nitrogen and oxygen atoms in total. The van der Waals surface area contributed by atoms with Crippen LogP contribution >= 0.6 is 0 Å². The molecule has 5 N–H and O–H groups in total. The molecule has 1 saturated carbocycles. The molecule has 1 aromatic rings. The number of alkyl carbamates (subject to hydrolysis) is 1. The predicted octanol–water partition coefficient (Wildman–Crippen LogP) is 3.83. The van der Waals surface area contributed by atoms with Crippen LogP contribution in [0.5, 0.6) is 0 Å². The summed E-state index contributed by atoms with van der Waals surface area (Å²) in [6, 6.07) is 0. The van der Waals surface area contributed by atoms with Crippen LogP contribution in [0.15, 0.2) is 12.2 Å². The van der Waals surface area contributed by atoms with E-state index >= 15 is 0 Å². The van der Waals surface area contributed by atoms with Gasteiger partial charge < -0.3 is 31.0 Å². The Kier molecular flexibility index (Phi) is 15.2. The third kappa shape index (κ3) is 14.7. The molecule has 2 aliphatic carbocycles. The molecule has 14 heteroatoms. The Hall–Kier alpha value is -3.36. The van der Waals surface area contributed by atoms with Gasteiger partial charge in [0, 0.05) is 68.8 Å². The maximum atomic E-state index is 12.5. The van der Waals surface area contributed by atoms with Gasteiger partial charge in [0.2, 0.25) is 5.91 Å². The summed E-state index contributed by atoms with van der Waals surface area (Å²) in [5, 5.41) is 11.9. The number of hydrogen-bond acceptors (Lipinski definition) is 10. The second kappa shape index (κ2) is 18.4. The second-order valence-corrected chi connectivity index (χ2v) is 16.4. The van der Waals surface area contributed by atoms with Gasteiger partial charge in [-0.15, -0.1) is 5.10 Å². The van der Waals surface area contributed by atoms with Crippen LogP contribution in [0.4, 0.5) is 4.79 Å². The van der Waals surface area contributed by atoms with E-state index in [9.17, 15) is 19.2 Å². The number of aryl methyl sites for hydroxylation is 2. The maximum Gasteiger partial charge on any atom is 0.407 e. The molecule has 2 heterocycles. The molecular formula is C37H63N7O7. The Balaban J connectivity index is 0.000000493. The highest BCUT2D eigenvalue weighted by atomic mass is 16.6. The molecular weight excluding hydrogens is 654 g/mol. The number of rotatable bonds is 18. The van der Waals surface area contributed by atoms with Crippen LogP contribution in [-0.4, -0.2) is 92.9 Å². The van der Waals surface area contributed by atoms with Crippen molar-refractivity contribution < 1.29 is 33.4 Å². The summed E-state index contributed by atoms with van der Waals surface area (Å²) in [6.45, 7) is 19.6. The van der Waals surface area contributed by atoms with E-state index in [2.05, 4.69) is 61.9 Å². The van der Waals surface area contributed by atoms with Crippen molar-refractivity contribution in [2.24, 2.45) is 29.2 Å². The molecule has 4 rings (SSSR count). The van der Waals surface area contributed by atoms with Crippen LogP contribution in [0.25, 0.3) is 0 Å². The van der Waals surface area contributed by atoms with Crippen molar-refractivity contribution in [3.05, 3.63) is 23.5 Å². The van der Waals surface area contributed by atoms with Crippen molar-refractivity contribution in [3.63, 3.8) is 0 Å². The number of amides is 4. The Bertz CT molecular complexity index is 1350. The zero-order chi connectivity index (χ0) is 38.0. The van der Waals surface area contributed by atoms with Gasteiger partial charge in [0.1, 0.15) is 6.10 Å². The maximum absolute atomic E-state index is 12.5. The van der Waals surface area contributed by atoms with E-state index in [1.165, 1.54) is 17.8 Å². The number of carbonyl (C=O) groups excluding carboxylic acids is 4. The fraction of sp³-hybridized carbons (Fsp3) is 0.784. The summed E-state index contributed by atoms with van der Waals surface area (Å²) in [5.41, 5.74) is 12.5. The standard InChI is InChI=1S/C30H55N5O4.C7H8N2O3/c1-21(2)13-19-37-29(5,6)14-17-32-27(36)39-26-22-9-11-24-25(12-10-23(22)26)35(34-33-24)18-15-30(7,8)38-20-16-28(3,4)31;8-5(10)3-4-9-6(11)1-2-7(9)12/h21-23,26H,9-20,31H2,1-8H3,(H,32,36);1-2H,3-4H2,(H2,8,10). The minimum atomic E-state index is -0.525. The third-order valence-electron chi connectivity index (χ3n) is 9.67. The average Bonchev–Trinajstić information content (AvgIpc) is 3.28. The van der Waals surface area contributed by atoms with E-state index < -0.39 is 5.91 Å². The number of nitrogens with zero attached hydrogens (tertiary/aromatic N) is 4. The zero-order valence-electron chi connectivity index (χ0n) is 32.2. The molecule has 3 atom stereocenters. The normalized spacial score (nSPS) is 20.3. The lowest BCUT2D eigenvalue weighted by atomic mass is 10.0. The first-order valence-corrected chi connectivity index (χ1v) is 18.5. The molecule has 3 aliphatic rings. The van der Waals surface area contributed by atoms with E-state index in [1.54, 1.807) is 0 Å². The van der Waals surface area contributed by atoms with Crippen LogP contribution in [0.3, 0.4) is 0 Å². The largest absolute Gasteiger partial charge is 0.446 e. The number of hydrogen-bond donors (Lipinski definition) is 3. The van der Waals surface area contributed by atoms with E-state index in [4.69, 9.17) is 25.7 Å². The lowest BCUT2D eigenvalue weighted by molar-refractivity contribution is -0.137. The molecule has 0 spiro atoms. The first-order chi connectivity index (χ1) is 23.8. The van der Waals surface area contributed by atoms with Gasteiger partial charge in [-0.05, 0) is 98.8 Å². The van der Waals surface area contributed by atoms with Gasteiger partial charge in [0.05, 0.1) is 22.6 Å². The molecule has 4 amide bonds. The molecule has 0 aromatic carbocycles. The average molecular weight is 718 g/mol. The monoisotopic (exact) mass is 717 g/mol. The van der Waals surface area contributed by atoms with Crippen molar-refractivity contribution in [3.8, 4) is 0 Å². The molecule has 1 fully saturated rings. The second-order valence-electron chi connectivity index (χ2n) is 16.4. The summed E-state index contributed by atoms with van der Waals surface area (Å²) in [7, 11) is 0. The fourth-order valence-electron chi connectivity index (χ4n) is 6.15. The third-order valence-corrected chi connectivity index (χ3v) is 9.67. The summed E-state index contributed by atoms with van der Waals surface area (Å²) in [5.74, 6) is 0.162. The van der Waals surface area contributed by atoms with Gasteiger partial charge in [-0.25, -0.2) is 9.48 Å². The first-order valence-electron chi connectivity index (χ1n) is 18.5. The molecule has 3 unspecified atom stereocenters. The highest BCUT2D eigenvalue weighted by Gasteiger charge is 2.53. The molecule has 51 heavy (non-hydrogen) atoms. The summed E-state index contributed by atoms with van der Waals surface area (Å²) >= 11 is 0. The minimum absolute atomic E-state index is 0.00449. The fourth-order valence-corrected chi connectivity index (χ4v) is 6.15.